The molecule has 1 aliphatic heterocycles. The van der Waals surface area contributed by atoms with Gasteiger partial charge in [0, 0.05) is 24.8 Å². The second-order valence-electron chi connectivity index (χ2n) is 7.36. The first-order valence-electron chi connectivity index (χ1n) is 8.31. The molecule has 2 heteroatoms. The number of likely N-dealkylation sites (N-methyl/N-ethyl adjacent to an activating group) is 1. The molecular weight excluding hydrogens is 244 g/mol. The Morgan fingerprint density at radius 2 is 2.05 bits per heavy atom. The fourth-order valence-corrected chi connectivity index (χ4v) is 4.94. The first-order chi connectivity index (χ1) is 9.78. The van der Waals surface area contributed by atoms with Gasteiger partial charge in [-0.05, 0) is 62.1 Å². The van der Waals surface area contributed by atoms with Gasteiger partial charge >= 0.3 is 0 Å². The Labute approximate surface area is 122 Å². The quantitative estimate of drug-likeness (QED) is 0.902. The molecule has 1 aromatic rings. The Morgan fingerprint density at radius 1 is 1.15 bits per heavy atom. The SMILES string of the molecule is CN(CC1Cc2ccccc2N1)CC1CC2CCC1C2. The summed E-state index contributed by atoms with van der Waals surface area (Å²) in [5.41, 5.74) is 2.84. The lowest BCUT2D eigenvalue weighted by Gasteiger charge is -2.29. The van der Waals surface area contributed by atoms with Crippen LogP contribution in [0.2, 0.25) is 0 Å². The summed E-state index contributed by atoms with van der Waals surface area (Å²) in [6.07, 6.45) is 7.26. The van der Waals surface area contributed by atoms with Gasteiger partial charge in [-0.3, -0.25) is 0 Å². The molecule has 4 atom stereocenters. The molecular formula is C18H26N2. The minimum Gasteiger partial charge on any atom is -0.380 e. The van der Waals surface area contributed by atoms with E-state index in [2.05, 4.69) is 41.5 Å². The number of benzene rings is 1. The molecule has 2 saturated carbocycles. The number of hydrogen-bond donors (Lipinski definition) is 1. The maximum atomic E-state index is 3.68. The van der Waals surface area contributed by atoms with Gasteiger partial charge in [0.05, 0.1) is 0 Å². The molecule has 20 heavy (non-hydrogen) atoms. The van der Waals surface area contributed by atoms with Crippen molar-refractivity contribution in [3.63, 3.8) is 0 Å². The lowest BCUT2D eigenvalue weighted by molar-refractivity contribution is 0.215. The van der Waals surface area contributed by atoms with E-state index in [9.17, 15) is 0 Å². The molecule has 3 aliphatic rings. The zero-order valence-corrected chi connectivity index (χ0v) is 12.5. The maximum absolute atomic E-state index is 3.68. The molecule has 0 radical (unpaired) electrons. The van der Waals surface area contributed by atoms with Crippen LogP contribution < -0.4 is 5.32 Å². The van der Waals surface area contributed by atoms with E-state index in [0.29, 0.717) is 6.04 Å². The highest BCUT2D eigenvalue weighted by Crippen LogP contribution is 2.48. The predicted molar refractivity (Wildman–Crippen MR) is 84.0 cm³/mol. The molecule has 1 aromatic carbocycles. The molecule has 108 valence electrons. The van der Waals surface area contributed by atoms with Gasteiger partial charge in [-0.25, -0.2) is 0 Å². The van der Waals surface area contributed by atoms with E-state index in [1.54, 1.807) is 0 Å². The molecule has 0 aromatic heterocycles. The topological polar surface area (TPSA) is 15.3 Å². The third kappa shape index (κ3) is 2.35. The van der Waals surface area contributed by atoms with E-state index in [1.807, 2.05) is 0 Å². The number of hydrogen-bond acceptors (Lipinski definition) is 2. The highest BCUT2D eigenvalue weighted by Gasteiger charge is 2.39. The Balaban J connectivity index is 1.30. The van der Waals surface area contributed by atoms with E-state index < -0.39 is 0 Å². The van der Waals surface area contributed by atoms with Crippen molar-refractivity contribution in [2.75, 3.05) is 25.5 Å². The van der Waals surface area contributed by atoms with Crippen molar-refractivity contribution in [1.29, 1.82) is 0 Å². The largest absolute Gasteiger partial charge is 0.380 e. The van der Waals surface area contributed by atoms with Crippen molar-refractivity contribution in [2.45, 2.75) is 38.1 Å². The molecule has 0 amide bonds. The van der Waals surface area contributed by atoms with Gasteiger partial charge in [0.1, 0.15) is 0 Å². The van der Waals surface area contributed by atoms with E-state index in [1.165, 1.54) is 56.4 Å². The van der Waals surface area contributed by atoms with Gasteiger partial charge in [0.15, 0.2) is 0 Å². The summed E-state index contributed by atoms with van der Waals surface area (Å²) in [4.78, 5) is 2.58. The van der Waals surface area contributed by atoms with Gasteiger partial charge in [-0.2, -0.15) is 0 Å². The zero-order chi connectivity index (χ0) is 13.5. The van der Waals surface area contributed by atoms with Gasteiger partial charge in [0.2, 0.25) is 0 Å². The smallest absolute Gasteiger partial charge is 0.0429 e. The van der Waals surface area contributed by atoms with Gasteiger partial charge in [0.25, 0.3) is 0 Å². The van der Waals surface area contributed by atoms with Crippen LogP contribution in [0.1, 0.15) is 31.2 Å². The minimum atomic E-state index is 0.607. The summed E-state index contributed by atoms with van der Waals surface area (Å²) in [5.74, 6) is 3.12. The predicted octanol–water partition coefficient (Wildman–Crippen LogP) is 3.39. The molecule has 1 N–H and O–H groups in total. The first kappa shape index (κ1) is 12.7. The van der Waals surface area contributed by atoms with Crippen LogP contribution in [-0.4, -0.2) is 31.1 Å². The minimum absolute atomic E-state index is 0.607. The van der Waals surface area contributed by atoms with Crippen LogP contribution >= 0.6 is 0 Å². The monoisotopic (exact) mass is 270 g/mol. The summed E-state index contributed by atoms with van der Waals surface area (Å²) in [6.45, 7) is 2.50. The van der Waals surface area contributed by atoms with Crippen molar-refractivity contribution in [3.05, 3.63) is 29.8 Å². The first-order valence-corrected chi connectivity index (χ1v) is 8.31. The fraction of sp³-hybridized carbons (Fsp3) is 0.667. The van der Waals surface area contributed by atoms with E-state index in [-0.39, 0.29) is 0 Å². The zero-order valence-electron chi connectivity index (χ0n) is 12.5. The van der Waals surface area contributed by atoms with Crippen molar-refractivity contribution in [3.8, 4) is 0 Å². The summed E-state index contributed by atoms with van der Waals surface area (Å²) >= 11 is 0. The average Bonchev–Trinajstić information content (AvgIpc) is 3.11. The summed E-state index contributed by atoms with van der Waals surface area (Å²) in [5, 5.41) is 3.68. The average molecular weight is 270 g/mol. The molecule has 2 aliphatic carbocycles. The van der Waals surface area contributed by atoms with Crippen molar-refractivity contribution in [1.82, 2.24) is 4.90 Å². The molecule has 4 unspecified atom stereocenters. The van der Waals surface area contributed by atoms with Crippen LogP contribution in [-0.2, 0) is 6.42 Å². The van der Waals surface area contributed by atoms with Crippen LogP contribution in [0.15, 0.2) is 24.3 Å². The summed E-state index contributed by atoms with van der Waals surface area (Å²) in [7, 11) is 2.32. The summed E-state index contributed by atoms with van der Waals surface area (Å²) < 4.78 is 0. The lowest BCUT2D eigenvalue weighted by Crippen LogP contribution is -2.37. The standard InChI is InChI=1S/C18H26N2/c1-20(11-16-9-13-6-7-14(16)8-13)12-17-10-15-4-2-3-5-18(15)19-17/h2-5,13-14,16-17,19H,6-12H2,1H3. The Hall–Kier alpha value is -1.02. The van der Waals surface area contributed by atoms with Crippen molar-refractivity contribution >= 4 is 5.69 Å². The van der Waals surface area contributed by atoms with E-state index >= 15 is 0 Å². The Morgan fingerprint density at radius 3 is 2.80 bits per heavy atom. The molecule has 1 heterocycles. The van der Waals surface area contributed by atoms with Crippen molar-refractivity contribution < 1.29 is 0 Å². The molecule has 2 bridgehead atoms. The third-order valence-electron chi connectivity index (χ3n) is 5.81. The number of anilines is 1. The van der Waals surface area contributed by atoms with Crippen LogP contribution in [0.5, 0.6) is 0 Å². The van der Waals surface area contributed by atoms with Crippen LogP contribution in [0, 0.1) is 17.8 Å². The maximum Gasteiger partial charge on any atom is 0.0429 e. The van der Waals surface area contributed by atoms with Crippen LogP contribution in [0.25, 0.3) is 0 Å². The molecule has 0 spiro atoms. The van der Waals surface area contributed by atoms with Crippen LogP contribution in [0.3, 0.4) is 0 Å². The van der Waals surface area contributed by atoms with Gasteiger partial charge in [-0.15, -0.1) is 0 Å². The highest BCUT2D eigenvalue weighted by atomic mass is 15.1. The molecule has 4 rings (SSSR count). The molecule has 2 nitrogen and oxygen atoms in total. The second-order valence-corrected chi connectivity index (χ2v) is 7.36. The number of rotatable bonds is 4. The van der Waals surface area contributed by atoms with E-state index in [4.69, 9.17) is 0 Å². The molecule has 2 fully saturated rings. The number of nitrogens with one attached hydrogen (secondary N) is 1. The highest BCUT2D eigenvalue weighted by molar-refractivity contribution is 5.56. The van der Waals surface area contributed by atoms with Crippen molar-refractivity contribution in [2.24, 2.45) is 17.8 Å². The van der Waals surface area contributed by atoms with Gasteiger partial charge < -0.3 is 10.2 Å². The van der Waals surface area contributed by atoms with Gasteiger partial charge in [-0.1, -0.05) is 24.6 Å². The number of fused-ring (bicyclic) bond motifs is 3. The number of para-hydroxylation sites is 1. The fourth-order valence-electron chi connectivity index (χ4n) is 4.94. The summed E-state index contributed by atoms with van der Waals surface area (Å²) in [6, 6.07) is 9.37. The van der Waals surface area contributed by atoms with Crippen LogP contribution in [0.4, 0.5) is 5.69 Å². The Bertz CT molecular complexity index is 459. The van der Waals surface area contributed by atoms with E-state index in [0.717, 1.165) is 17.8 Å². The number of nitrogens with zero attached hydrogens (tertiary/aromatic N) is 1. The second kappa shape index (κ2) is 5.07. The molecule has 0 saturated heterocycles. The Kier molecular flexibility index (Phi) is 3.22. The third-order valence-corrected chi connectivity index (χ3v) is 5.81. The lowest BCUT2D eigenvalue weighted by atomic mass is 9.88. The normalized spacial score (nSPS) is 34.5.